The third-order valence-electron chi connectivity index (χ3n) is 4.97. The van der Waals surface area contributed by atoms with Crippen LogP contribution < -0.4 is 0 Å². The van der Waals surface area contributed by atoms with Gasteiger partial charge in [-0.1, -0.05) is 31.5 Å². The van der Waals surface area contributed by atoms with Crippen LogP contribution in [0.1, 0.15) is 42.2 Å². The summed E-state index contributed by atoms with van der Waals surface area (Å²) < 4.78 is 0. The monoisotopic (exact) mass is 329 g/mol. The number of aromatic hydroxyl groups is 1. The van der Waals surface area contributed by atoms with Crippen molar-refractivity contribution in [3.05, 3.63) is 51.7 Å². The number of fused-ring (bicyclic) bond motifs is 1. The molecular formula is C20H27NOS. The first-order valence-corrected chi connectivity index (χ1v) is 9.72. The average molecular weight is 330 g/mol. The molecule has 1 unspecified atom stereocenters. The SMILES string of the molecule is CCCCN(CCc1cccs1)C1CCc2c(O)cccc2C1. The highest BCUT2D eigenvalue weighted by Gasteiger charge is 2.25. The van der Waals surface area contributed by atoms with Crippen LogP contribution >= 0.6 is 11.3 Å². The molecule has 1 N–H and O–H groups in total. The molecule has 0 saturated heterocycles. The van der Waals surface area contributed by atoms with Gasteiger partial charge in [-0.3, -0.25) is 4.90 Å². The van der Waals surface area contributed by atoms with Crippen molar-refractivity contribution in [1.29, 1.82) is 0 Å². The van der Waals surface area contributed by atoms with E-state index in [1.807, 2.05) is 23.5 Å². The van der Waals surface area contributed by atoms with Gasteiger partial charge in [-0.15, -0.1) is 11.3 Å². The molecule has 124 valence electrons. The summed E-state index contributed by atoms with van der Waals surface area (Å²) in [6.45, 7) is 4.62. The molecule has 23 heavy (non-hydrogen) atoms. The maximum absolute atomic E-state index is 10.0. The number of benzene rings is 1. The Morgan fingerprint density at radius 1 is 1.22 bits per heavy atom. The van der Waals surface area contributed by atoms with E-state index in [0.717, 1.165) is 25.8 Å². The quantitative estimate of drug-likeness (QED) is 0.799. The van der Waals surface area contributed by atoms with E-state index in [4.69, 9.17) is 0 Å². The standard InChI is InChI=1S/C20H27NOS/c1-2-3-12-21(13-11-18-7-5-14-23-18)17-9-10-19-16(15-17)6-4-8-20(19)22/h4-8,14,17,22H,2-3,9-13,15H2,1H3. The van der Waals surface area contributed by atoms with Crippen LogP contribution in [0.25, 0.3) is 0 Å². The molecule has 0 aliphatic heterocycles. The highest BCUT2D eigenvalue weighted by Crippen LogP contribution is 2.31. The molecule has 1 aromatic heterocycles. The number of phenols is 1. The molecule has 0 fully saturated rings. The third kappa shape index (κ3) is 4.15. The average Bonchev–Trinajstić information content (AvgIpc) is 3.08. The van der Waals surface area contributed by atoms with E-state index in [1.54, 1.807) is 0 Å². The van der Waals surface area contributed by atoms with Gasteiger partial charge in [0.05, 0.1) is 0 Å². The molecule has 1 aliphatic carbocycles. The molecule has 0 saturated carbocycles. The van der Waals surface area contributed by atoms with Gasteiger partial charge < -0.3 is 5.11 Å². The van der Waals surface area contributed by atoms with Crippen molar-refractivity contribution in [2.45, 2.75) is 51.5 Å². The third-order valence-corrected chi connectivity index (χ3v) is 5.91. The number of rotatable bonds is 7. The van der Waals surface area contributed by atoms with E-state index in [0.29, 0.717) is 11.8 Å². The summed E-state index contributed by atoms with van der Waals surface area (Å²) in [5.41, 5.74) is 2.52. The zero-order valence-corrected chi connectivity index (χ0v) is 14.8. The molecule has 3 rings (SSSR count). The first-order chi connectivity index (χ1) is 11.3. The molecule has 2 aromatic rings. The number of thiophene rings is 1. The van der Waals surface area contributed by atoms with Crippen molar-refractivity contribution in [2.75, 3.05) is 13.1 Å². The topological polar surface area (TPSA) is 23.5 Å². The zero-order chi connectivity index (χ0) is 16.1. The van der Waals surface area contributed by atoms with E-state index in [9.17, 15) is 5.11 Å². The van der Waals surface area contributed by atoms with Crippen molar-refractivity contribution in [3.8, 4) is 5.75 Å². The Labute approximate surface area is 143 Å². The number of unbranched alkanes of at least 4 members (excludes halogenated alkanes) is 1. The Bertz CT molecular complexity index is 608. The maximum Gasteiger partial charge on any atom is 0.119 e. The minimum Gasteiger partial charge on any atom is -0.508 e. The van der Waals surface area contributed by atoms with Gasteiger partial charge in [0.25, 0.3) is 0 Å². The molecule has 1 aliphatic rings. The molecule has 1 aromatic carbocycles. The Morgan fingerprint density at radius 3 is 2.91 bits per heavy atom. The molecule has 0 amide bonds. The Hall–Kier alpha value is -1.32. The van der Waals surface area contributed by atoms with Crippen LogP contribution in [0.4, 0.5) is 0 Å². The van der Waals surface area contributed by atoms with Gasteiger partial charge in [0.1, 0.15) is 5.75 Å². The van der Waals surface area contributed by atoms with Crippen LogP contribution in [0.5, 0.6) is 5.75 Å². The summed E-state index contributed by atoms with van der Waals surface area (Å²) in [6, 6.07) is 11.0. The summed E-state index contributed by atoms with van der Waals surface area (Å²) in [4.78, 5) is 4.18. The fourth-order valence-electron chi connectivity index (χ4n) is 3.63. The van der Waals surface area contributed by atoms with Crippen LogP contribution in [0.3, 0.4) is 0 Å². The Kier molecular flexibility index (Phi) is 5.74. The lowest BCUT2D eigenvalue weighted by Crippen LogP contribution is -2.41. The summed E-state index contributed by atoms with van der Waals surface area (Å²) in [5.74, 6) is 0.486. The van der Waals surface area contributed by atoms with Crippen LogP contribution in [0.2, 0.25) is 0 Å². The van der Waals surface area contributed by atoms with Gasteiger partial charge in [0.2, 0.25) is 0 Å². The van der Waals surface area contributed by atoms with E-state index < -0.39 is 0 Å². The molecule has 1 atom stereocenters. The Morgan fingerprint density at radius 2 is 2.13 bits per heavy atom. The predicted molar refractivity (Wildman–Crippen MR) is 98.4 cm³/mol. The molecular weight excluding hydrogens is 302 g/mol. The summed E-state index contributed by atoms with van der Waals surface area (Å²) in [7, 11) is 0. The van der Waals surface area contributed by atoms with E-state index >= 15 is 0 Å². The van der Waals surface area contributed by atoms with Gasteiger partial charge in [-0.2, -0.15) is 0 Å². The predicted octanol–water partition coefficient (Wildman–Crippen LogP) is 4.66. The van der Waals surface area contributed by atoms with Crippen LogP contribution in [0, 0.1) is 0 Å². The summed E-state index contributed by atoms with van der Waals surface area (Å²) in [6.07, 6.45) is 6.93. The second-order valence-corrected chi connectivity index (χ2v) is 7.56. The van der Waals surface area contributed by atoms with Gasteiger partial charge in [-0.25, -0.2) is 0 Å². The molecule has 2 nitrogen and oxygen atoms in total. The van der Waals surface area contributed by atoms with Crippen molar-refractivity contribution in [3.63, 3.8) is 0 Å². The van der Waals surface area contributed by atoms with E-state index in [-0.39, 0.29) is 0 Å². The first kappa shape index (κ1) is 16.5. The second kappa shape index (κ2) is 7.98. The van der Waals surface area contributed by atoms with E-state index in [2.05, 4.69) is 35.4 Å². The lowest BCUT2D eigenvalue weighted by molar-refractivity contribution is 0.178. The first-order valence-electron chi connectivity index (χ1n) is 8.84. The highest BCUT2D eigenvalue weighted by molar-refractivity contribution is 7.09. The largest absolute Gasteiger partial charge is 0.508 e. The highest BCUT2D eigenvalue weighted by atomic mass is 32.1. The minimum absolute atomic E-state index is 0.486. The van der Waals surface area contributed by atoms with Crippen LogP contribution in [0.15, 0.2) is 35.7 Å². The number of nitrogens with zero attached hydrogens (tertiary/aromatic N) is 1. The van der Waals surface area contributed by atoms with Crippen molar-refractivity contribution >= 4 is 11.3 Å². The van der Waals surface area contributed by atoms with Crippen LogP contribution in [-0.4, -0.2) is 29.1 Å². The van der Waals surface area contributed by atoms with Gasteiger partial charge in [0.15, 0.2) is 0 Å². The Balaban J connectivity index is 1.67. The normalized spacial score (nSPS) is 17.4. The molecule has 0 bridgehead atoms. The fraction of sp³-hybridized carbons (Fsp3) is 0.500. The molecule has 0 radical (unpaired) electrons. The van der Waals surface area contributed by atoms with Crippen molar-refractivity contribution in [1.82, 2.24) is 4.90 Å². The molecule has 0 spiro atoms. The number of hydrogen-bond donors (Lipinski definition) is 1. The van der Waals surface area contributed by atoms with Crippen molar-refractivity contribution in [2.24, 2.45) is 0 Å². The maximum atomic E-state index is 10.0. The lowest BCUT2D eigenvalue weighted by atomic mass is 9.86. The van der Waals surface area contributed by atoms with Gasteiger partial charge in [0, 0.05) is 17.5 Å². The van der Waals surface area contributed by atoms with Gasteiger partial charge >= 0.3 is 0 Å². The number of hydrogen-bond acceptors (Lipinski definition) is 3. The van der Waals surface area contributed by atoms with E-state index in [1.165, 1.54) is 41.8 Å². The minimum atomic E-state index is 0.486. The van der Waals surface area contributed by atoms with Crippen molar-refractivity contribution < 1.29 is 5.11 Å². The molecule has 3 heteroatoms. The smallest absolute Gasteiger partial charge is 0.119 e. The lowest BCUT2D eigenvalue weighted by Gasteiger charge is -2.35. The molecule has 1 heterocycles. The second-order valence-electron chi connectivity index (χ2n) is 6.53. The zero-order valence-electron chi connectivity index (χ0n) is 14.0. The fourth-order valence-corrected chi connectivity index (χ4v) is 4.32. The van der Waals surface area contributed by atoms with Crippen LogP contribution in [-0.2, 0) is 19.3 Å². The summed E-state index contributed by atoms with van der Waals surface area (Å²) in [5, 5.41) is 12.2. The summed E-state index contributed by atoms with van der Waals surface area (Å²) >= 11 is 1.87. The van der Waals surface area contributed by atoms with Gasteiger partial charge in [-0.05, 0) is 67.3 Å². The number of phenolic OH excluding ortho intramolecular Hbond substituents is 1.